The molecule has 0 saturated heterocycles. The van der Waals surface area contributed by atoms with Gasteiger partial charge in [0.1, 0.15) is 0 Å². The van der Waals surface area contributed by atoms with Crippen LogP contribution in [-0.4, -0.2) is 42.6 Å². The molecular weight excluding hydrogens is 340 g/mol. The first kappa shape index (κ1) is 19.2. The zero-order chi connectivity index (χ0) is 18.2. The van der Waals surface area contributed by atoms with E-state index in [1.54, 1.807) is 0 Å². The minimum Gasteiger partial charge on any atom is -0.364 e. The van der Waals surface area contributed by atoms with Crippen LogP contribution in [0.5, 0.6) is 0 Å². The van der Waals surface area contributed by atoms with Crippen LogP contribution < -0.4 is 15.5 Å². The van der Waals surface area contributed by atoms with Gasteiger partial charge in [-0.2, -0.15) is 11.8 Å². The molecule has 2 aliphatic rings. The molecule has 1 aliphatic heterocycles. The van der Waals surface area contributed by atoms with Gasteiger partial charge in [-0.25, -0.2) is 4.99 Å². The van der Waals surface area contributed by atoms with Gasteiger partial charge >= 0.3 is 0 Å². The molecule has 0 spiro atoms. The molecule has 0 bridgehead atoms. The van der Waals surface area contributed by atoms with Crippen LogP contribution in [-0.2, 0) is 6.54 Å². The van der Waals surface area contributed by atoms with Crippen LogP contribution in [0.25, 0.3) is 0 Å². The molecule has 1 aliphatic carbocycles. The monoisotopic (exact) mass is 372 g/mol. The molecule has 0 amide bonds. The standard InChI is InChI=1S/C21H32N4S/c1-3-22-21(24-18-9-12-20(15-18)26-4-2)23-16-17-7-10-19(11-8-17)25-13-5-6-14-25/h5-8,10-11,18,20H,3-4,9,12-16H2,1-2H3,(H2,22,23,24). The van der Waals surface area contributed by atoms with Gasteiger partial charge in [0.05, 0.1) is 6.54 Å². The number of aliphatic imine (C=N–C) groups is 1. The first-order valence-corrected chi connectivity index (χ1v) is 11.0. The highest BCUT2D eigenvalue weighted by molar-refractivity contribution is 7.99. The summed E-state index contributed by atoms with van der Waals surface area (Å²) in [5.41, 5.74) is 2.54. The van der Waals surface area contributed by atoms with E-state index in [0.717, 1.165) is 30.8 Å². The number of hydrogen-bond acceptors (Lipinski definition) is 3. The van der Waals surface area contributed by atoms with Crippen molar-refractivity contribution in [2.45, 2.75) is 50.9 Å². The zero-order valence-corrected chi connectivity index (χ0v) is 16.9. The van der Waals surface area contributed by atoms with E-state index in [0.29, 0.717) is 12.6 Å². The number of nitrogens with one attached hydrogen (secondary N) is 2. The summed E-state index contributed by atoms with van der Waals surface area (Å²) in [6.45, 7) is 8.03. The van der Waals surface area contributed by atoms with Gasteiger partial charge in [-0.1, -0.05) is 31.2 Å². The molecule has 142 valence electrons. The third-order valence-electron chi connectivity index (χ3n) is 5.01. The number of rotatable bonds is 7. The first-order valence-electron chi connectivity index (χ1n) is 9.93. The molecule has 1 aromatic rings. The molecule has 1 fully saturated rings. The molecular formula is C21H32N4S. The van der Waals surface area contributed by atoms with Crippen LogP contribution in [0, 0.1) is 0 Å². The maximum Gasteiger partial charge on any atom is 0.191 e. The molecule has 26 heavy (non-hydrogen) atoms. The Morgan fingerprint density at radius 3 is 2.62 bits per heavy atom. The Balaban J connectivity index is 1.53. The normalized spacial score (nSPS) is 22.8. The molecule has 5 heteroatoms. The van der Waals surface area contributed by atoms with Crippen molar-refractivity contribution in [3.05, 3.63) is 42.0 Å². The fourth-order valence-corrected chi connectivity index (χ4v) is 4.79. The fourth-order valence-electron chi connectivity index (χ4n) is 3.64. The van der Waals surface area contributed by atoms with Crippen molar-refractivity contribution in [1.82, 2.24) is 10.6 Å². The second-order valence-electron chi connectivity index (χ2n) is 6.97. The number of nitrogens with zero attached hydrogens (tertiary/aromatic N) is 2. The van der Waals surface area contributed by atoms with E-state index < -0.39 is 0 Å². The Morgan fingerprint density at radius 2 is 1.92 bits per heavy atom. The first-order chi connectivity index (χ1) is 12.8. The van der Waals surface area contributed by atoms with Gasteiger partial charge < -0.3 is 15.5 Å². The lowest BCUT2D eigenvalue weighted by Gasteiger charge is -2.18. The van der Waals surface area contributed by atoms with E-state index in [9.17, 15) is 0 Å². The summed E-state index contributed by atoms with van der Waals surface area (Å²) in [5.74, 6) is 2.17. The molecule has 1 saturated carbocycles. The summed E-state index contributed by atoms with van der Waals surface area (Å²) in [6.07, 6.45) is 8.27. The highest BCUT2D eigenvalue weighted by atomic mass is 32.2. The molecule has 4 nitrogen and oxygen atoms in total. The van der Waals surface area contributed by atoms with E-state index in [1.165, 1.54) is 36.3 Å². The molecule has 0 radical (unpaired) electrons. The number of hydrogen-bond donors (Lipinski definition) is 2. The van der Waals surface area contributed by atoms with Crippen LogP contribution >= 0.6 is 11.8 Å². The number of anilines is 1. The number of guanidine groups is 1. The summed E-state index contributed by atoms with van der Waals surface area (Å²) in [6, 6.07) is 9.37. The van der Waals surface area contributed by atoms with Crippen molar-refractivity contribution < 1.29 is 0 Å². The number of benzene rings is 1. The van der Waals surface area contributed by atoms with Crippen LogP contribution in [0.1, 0.15) is 38.7 Å². The van der Waals surface area contributed by atoms with E-state index in [2.05, 4.69) is 77.6 Å². The van der Waals surface area contributed by atoms with Crippen LogP contribution in [0.4, 0.5) is 5.69 Å². The van der Waals surface area contributed by atoms with Crippen LogP contribution in [0.3, 0.4) is 0 Å². The van der Waals surface area contributed by atoms with Gasteiger partial charge in [0.25, 0.3) is 0 Å². The third kappa shape index (κ3) is 5.44. The van der Waals surface area contributed by atoms with Gasteiger partial charge in [0.15, 0.2) is 5.96 Å². The fraction of sp³-hybridized carbons (Fsp3) is 0.571. The van der Waals surface area contributed by atoms with Crippen molar-refractivity contribution in [1.29, 1.82) is 0 Å². The van der Waals surface area contributed by atoms with E-state index in [1.807, 2.05) is 0 Å². The predicted octanol–water partition coefficient (Wildman–Crippen LogP) is 3.79. The van der Waals surface area contributed by atoms with E-state index in [-0.39, 0.29) is 0 Å². The van der Waals surface area contributed by atoms with Crippen molar-refractivity contribution in [2.75, 3.05) is 30.3 Å². The number of thioether (sulfide) groups is 1. The molecule has 1 heterocycles. The van der Waals surface area contributed by atoms with E-state index >= 15 is 0 Å². The minimum atomic E-state index is 0.557. The highest BCUT2D eigenvalue weighted by Crippen LogP contribution is 2.29. The lowest BCUT2D eigenvalue weighted by molar-refractivity contribution is 0.615. The molecule has 3 rings (SSSR count). The molecule has 2 unspecified atom stereocenters. The highest BCUT2D eigenvalue weighted by Gasteiger charge is 2.25. The summed E-state index contributed by atoms with van der Waals surface area (Å²) >= 11 is 2.10. The molecule has 2 atom stereocenters. The van der Waals surface area contributed by atoms with Crippen molar-refractivity contribution in [2.24, 2.45) is 4.99 Å². The Kier molecular flexibility index (Phi) is 7.30. The maximum atomic E-state index is 4.81. The topological polar surface area (TPSA) is 39.7 Å². The Hall–Kier alpha value is -1.62. The lowest BCUT2D eigenvalue weighted by atomic mass is 10.2. The van der Waals surface area contributed by atoms with E-state index in [4.69, 9.17) is 4.99 Å². The SMILES string of the molecule is CCNC(=NCc1ccc(N2CC=CC2)cc1)NC1CCC(SCC)C1. The van der Waals surface area contributed by atoms with Gasteiger partial charge in [-0.3, -0.25) is 0 Å². The summed E-state index contributed by atoms with van der Waals surface area (Å²) < 4.78 is 0. The van der Waals surface area contributed by atoms with Crippen LogP contribution in [0.2, 0.25) is 0 Å². The quantitative estimate of drug-likeness (QED) is 0.434. The van der Waals surface area contributed by atoms with Gasteiger partial charge in [-0.05, 0) is 49.6 Å². The van der Waals surface area contributed by atoms with Gasteiger partial charge in [-0.15, -0.1) is 0 Å². The van der Waals surface area contributed by atoms with Gasteiger partial charge in [0, 0.05) is 36.6 Å². The second-order valence-corrected chi connectivity index (χ2v) is 8.55. The van der Waals surface area contributed by atoms with Crippen molar-refractivity contribution in [3.63, 3.8) is 0 Å². The minimum absolute atomic E-state index is 0.557. The Bertz CT molecular complexity index is 603. The maximum absolute atomic E-state index is 4.81. The van der Waals surface area contributed by atoms with Gasteiger partial charge in [0.2, 0.25) is 0 Å². The largest absolute Gasteiger partial charge is 0.364 e. The molecule has 1 aromatic carbocycles. The summed E-state index contributed by atoms with van der Waals surface area (Å²) in [7, 11) is 0. The Morgan fingerprint density at radius 1 is 1.15 bits per heavy atom. The average Bonchev–Trinajstić information content (AvgIpc) is 3.33. The molecule has 2 N–H and O–H groups in total. The smallest absolute Gasteiger partial charge is 0.191 e. The Labute approximate surface area is 162 Å². The third-order valence-corrected chi connectivity index (χ3v) is 6.24. The van der Waals surface area contributed by atoms with Crippen LogP contribution in [0.15, 0.2) is 41.4 Å². The van der Waals surface area contributed by atoms with Crippen molar-refractivity contribution in [3.8, 4) is 0 Å². The summed E-state index contributed by atoms with van der Waals surface area (Å²) in [5, 5.41) is 7.85. The summed E-state index contributed by atoms with van der Waals surface area (Å²) in [4.78, 5) is 7.17. The second kappa shape index (κ2) is 9.91. The zero-order valence-electron chi connectivity index (χ0n) is 16.1. The lowest BCUT2D eigenvalue weighted by Crippen LogP contribution is -2.42. The average molecular weight is 373 g/mol. The van der Waals surface area contributed by atoms with Crippen molar-refractivity contribution >= 4 is 23.4 Å². The predicted molar refractivity (Wildman–Crippen MR) is 115 cm³/mol. The molecule has 0 aromatic heterocycles.